The SMILES string of the molecule is CC1(C)Oc2ccc3c(=O)cc(-c4ccc(F)cc4)oc3c2C1C(=O)O. The molecule has 0 saturated heterocycles. The van der Waals surface area contributed by atoms with Gasteiger partial charge in [0.1, 0.15) is 34.4 Å². The number of ether oxygens (including phenoxy) is 1. The van der Waals surface area contributed by atoms with Gasteiger partial charge in [0, 0.05) is 11.6 Å². The zero-order valence-electron chi connectivity index (χ0n) is 14.1. The van der Waals surface area contributed by atoms with Crippen LogP contribution in [0.5, 0.6) is 5.75 Å². The maximum absolute atomic E-state index is 13.2. The molecule has 0 radical (unpaired) electrons. The van der Waals surface area contributed by atoms with Crippen LogP contribution >= 0.6 is 0 Å². The van der Waals surface area contributed by atoms with Crippen LogP contribution < -0.4 is 10.2 Å². The van der Waals surface area contributed by atoms with E-state index < -0.39 is 23.3 Å². The van der Waals surface area contributed by atoms with Gasteiger partial charge in [-0.1, -0.05) is 0 Å². The number of carboxylic acid groups (broad SMARTS) is 1. The third-order valence-electron chi connectivity index (χ3n) is 4.63. The second-order valence-corrected chi connectivity index (χ2v) is 6.81. The molecule has 4 rings (SSSR count). The summed E-state index contributed by atoms with van der Waals surface area (Å²) in [5, 5.41) is 9.98. The summed E-state index contributed by atoms with van der Waals surface area (Å²) >= 11 is 0. The van der Waals surface area contributed by atoms with Crippen LogP contribution in [0.3, 0.4) is 0 Å². The molecule has 1 aliphatic heterocycles. The van der Waals surface area contributed by atoms with Crippen molar-refractivity contribution >= 4 is 16.9 Å². The van der Waals surface area contributed by atoms with Crippen molar-refractivity contribution in [2.75, 3.05) is 0 Å². The third kappa shape index (κ3) is 2.37. The van der Waals surface area contributed by atoms with E-state index in [4.69, 9.17) is 9.15 Å². The van der Waals surface area contributed by atoms with Gasteiger partial charge in [-0.2, -0.15) is 0 Å². The molecule has 1 N–H and O–H groups in total. The van der Waals surface area contributed by atoms with Gasteiger partial charge >= 0.3 is 5.97 Å². The minimum absolute atomic E-state index is 0.187. The van der Waals surface area contributed by atoms with Crippen LogP contribution in [-0.4, -0.2) is 16.7 Å². The predicted molar refractivity (Wildman–Crippen MR) is 93.0 cm³/mol. The van der Waals surface area contributed by atoms with Crippen molar-refractivity contribution in [1.29, 1.82) is 0 Å². The van der Waals surface area contributed by atoms with Crippen molar-refractivity contribution in [3.63, 3.8) is 0 Å². The second-order valence-electron chi connectivity index (χ2n) is 6.81. The number of hydrogen-bond acceptors (Lipinski definition) is 4. The van der Waals surface area contributed by atoms with E-state index in [1.807, 2.05) is 0 Å². The van der Waals surface area contributed by atoms with Gasteiger partial charge in [0.05, 0.1) is 10.9 Å². The van der Waals surface area contributed by atoms with E-state index in [1.165, 1.54) is 30.3 Å². The maximum atomic E-state index is 13.2. The van der Waals surface area contributed by atoms with Gasteiger partial charge in [0.2, 0.25) is 0 Å². The lowest BCUT2D eigenvalue weighted by atomic mass is 9.86. The Morgan fingerprint density at radius 1 is 1.15 bits per heavy atom. The molecule has 0 bridgehead atoms. The lowest BCUT2D eigenvalue weighted by molar-refractivity contribution is -0.142. The molecule has 6 heteroatoms. The van der Waals surface area contributed by atoms with Crippen molar-refractivity contribution in [1.82, 2.24) is 0 Å². The standard InChI is InChI=1S/C20H15FO5/c1-20(2)17(19(23)24)16-14(26-20)8-7-12-13(22)9-15(25-18(12)16)10-3-5-11(21)6-4-10/h3-9,17H,1-2H3,(H,23,24). The molecule has 1 aromatic heterocycles. The fraction of sp³-hybridized carbons (Fsp3) is 0.200. The molecule has 5 nitrogen and oxygen atoms in total. The average molecular weight is 354 g/mol. The van der Waals surface area contributed by atoms with Gasteiger partial charge < -0.3 is 14.3 Å². The fourth-order valence-corrected chi connectivity index (χ4v) is 3.45. The largest absolute Gasteiger partial charge is 0.486 e. The van der Waals surface area contributed by atoms with E-state index in [0.717, 1.165) is 0 Å². The molecular weight excluding hydrogens is 339 g/mol. The molecule has 0 aliphatic carbocycles. The van der Waals surface area contributed by atoms with Gasteiger partial charge in [-0.15, -0.1) is 0 Å². The Balaban J connectivity index is 2.02. The number of carboxylic acids is 1. The number of rotatable bonds is 2. The van der Waals surface area contributed by atoms with E-state index in [0.29, 0.717) is 16.9 Å². The molecule has 1 aliphatic rings. The maximum Gasteiger partial charge on any atom is 0.315 e. The molecule has 2 heterocycles. The number of fused-ring (bicyclic) bond motifs is 3. The first-order chi connectivity index (χ1) is 12.3. The molecule has 0 spiro atoms. The highest BCUT2D eigenvalue weighted by molar-refractivity contribution is 5.91. The molecule has 1 atom stereocenters. The number of hydrogen-bond donors (Lipinski definition) is 1. The van der Waals surface area contributed by atoms with Crippen LogP contribution in [0, 0.1) is 5.82 Å². The quantitative estimate of drug-likeness (QED) is 0.754. The van der Waals surface area contributed by atoms with Crippen molar-refractivity contribution in [2.45, 2.75) is 25.4 Å². The van der Waals surface area contributed by atoms with Crippen LogP contribution in [0.25, 0.3) is 22.3 Å². The molecule has 0 saturated carbocycles. The number of carbonyl (C=O) groups is 1. The summed E-state index contributed by atoms with van der Waals surface area (Å²) in [4.78, 5) is 24.4. The molecule has 26 heavy (non-hydrogen) atoms. The normalized spacial score (nSPS) is 17.7. The molecule has 3 aromatic rings. The van der Waals surface area contributed by atoms with Crippen molar-refractivity contribution < 1.29 is 23.4 Å². The highest BCUT2D eigenvalue weighted by atomic mass is 19.1. The van der Waals surface area contributed by atoms with Gasteiger partial charge in [0.25, 0.3) is 0 Å². The number of benzene rings is 2. The monoisotopic (exact) mass is 354 g/mol. The highest BCUT2D eigenvalue weighted by Crippen LogP contribution is 2.48. The van der Waals surface area contributed by atoms with Crippen LogP contribution in [0.15, 0.2) is 51.7 Å². The average Bonchev–Trinajstić information content (AvgIpc) is 2.85. The third-order valence-corrected chi connectivity index (χ3v) is 4.63. The van der Waals surface area contributed by atoms with E-state index in [1.54, 1.807) is 26.0 Å². The predicted octanol–water partition coefficient (Wildman–Crippen LogP) is 3.94. The van der Waals surface area contributed by atoms with Gasteiger partial charge in [-0.05, 0) is 50.2 Å². The lowest BCUT2D eigenvalue weighted by Crippen LogP contribution is -2.35. The fourth-order valence-electron chi connectivity index (χ4n) is 3.45. The lowest BCUT2D eigenvalue weighted by Gasteiger charge is -2.22. The topological polar surface area (TPSA) is 76.7 Å². The van der Waals surface area contributed by atoms with E-state index in [9.17, 15) is 19.1 Å². The van der Waals surface area contributed by atoms with Crippen LogP contribution in [0.4, 0.5) is 4.39 Å². The van der Waals surface area contributed by atoms with E-state index in [2.05, 4.69) is 0 Å². The molecule has 0 fully saturated rings. The Labute approximate surface area is 147 Å². The minimum atomic E-state index is -1.06. The smallest absolute Gasteiger partial charge is 0.315 e. The summed E-state index contributed by atoms with van der Waals surface area (Å²) in [5.41, 5.74) is -0.226. The first-order valence-corrected chi connectivity index (χ1v) is 8.06. The molecule has 0 amide bonds. The van der Waals surface area contributed by atoms with Gasteiger partial charge in [0.15, 0.2) is 5.43 Å². The van der Waals surface area contributed by atoms with Crippen LogP contribution in [0.2, 0.25) is 0 Å². The van der Waals surface area contributed by atoms with Crippen LogP contribution in [0.1, 0.15) is 25.3 Å². The summed E-state index contributed by atoms with van der Waals surface area (Å²) in [7, 11) is 0. The van der Waals surface area contributed by atoms with Crippen LogP contribution in [-0.2, 0) is 4.79 Å². The number of aliphatic carboxylic acids is 1. The van der Waals surface area contributed by atoms with Crippen molar-refractivity contribution in [2.24, 2.45) is 0 Å². The van der Waals surface area contributed by atoms with Gasteiger partial charge in [-0.3, -0.25) is 9.59 Å². The van der Waals surface area contributed by atoms with E-state index in [-0.39, 0.29) is 22.2 Å². The summed E-state index contributed by atoms with van der Waals surface area (Å²) in [6.07, 6.45) is 0. The highest BCUT2D eigenvalue weighted by Gasteiger charge is 2.48. The first-order valence-electron chi connectivity index (χ1n) is 8.06. The number of halogens is 1. The molecule has 1 unspecified atom stereocenters. The Morgan fingerprint density at radius 3 is 2.50 bits per heavy atom. The van der Waals surface area contributed by atoms with Crippen molar-refractivity contribution in [3.05, 3.63) is 64.1 Å². The molecular formula is C20H15FO5. The summed E-state index contributed by atoms with van der Waals surface area (Å²) in [6.45, 7) is 3.36. The van der Waals surface area contributed by atoms with Gasteiger partial charge in [-0.25, -0.2) is 4.39 Å². The zero-order chi connectivity index (χ0) is 18.6. The summed E-state index contributed by atoms with van der Waals surface area (Å²) < 4.78 is 24.9. The Kier molecular flexibility index (Phi) is 3.41. The van der Waals surface area contributed by atoms with E-state index >= 15 is 0 Å². The summed E-state index contributed by atoms with van der Waals surface area (Å²) in [5.74, 6) is -1.82. The zero-order valence-corrected chi connectivity index (χ0v) is 14.1. The Hall–Kier alpha value is -3.15. The Bertz CT molecular complexity index is 1100. The molecule has 132 valence electrons. The molecule has 2 aromatic carbocycles. The summed E-state index contributed by atoms with van der Waals surface area (Å²) in [6, 6.07) is 10.0. The van der Waals surface area contributed by atoms with Crippen molar-refractivity contribution in [3.8, 4) is 17.1 Å². The Morgan fingerprint density at radius 2 is 1.85 bits per heavy atom. The second kappa shape index (κ2) is 5.42. The first kappa shape index (κ1) is 16.3. The minimum Gasteiger partial charge on any atom is -0.486 e.